The van der Waals surface area contributed by atoms with Crippen LogP contribution in [0.5, 0.6) is 5.75 Å². The van der Waals surface area contributed by atoms with Gasteiger partial charge in [0, 0.05) is 32.1 Å². The van der Waals surface area contributed by atoms with Crippen LogP contribution in [0.15, 0.2) is 155 Å². The molecule has 1 fully saturated rings. The molecular weight excluding hydrogens is 682 g/mol. The second kappa shape index (κ2) is 19.9. The molecule has 5 aromatic carbocycles. The molecule has 266 valence electrons. The van der Waals surface area contributed by atoms with Crippen molar-refractivity contribution in [2.45, 2.75) is 38.8 Å². The molecule has 9 heteroatoms. The fourth-order valence-corrected chi connectivity index (χ4v) is 5.52. The Morgan fingerprint density at radius 2 is 1.40 bits per heavy atom. The molecule has 3 unspecified atom stereocenters. The van der Waals surface area contributed by atoms with Gasteiger partial charge in [0.15, 0.2) is 0 Å². The molecule has 6 rings (SSSR count). The third-order valence-electron chi connectivity index (χ3n) is 7.42. The SMILES string of the molecule is C#CN(C(=O)OC(C)(C)C)c1ccccc1.COc1ccc(N2C(=Nc3ccccc3)CC2c2ccccc2)cc1.CP(P)N=Cc1ccccc1. The largest absolute Gasteiger partial charge is 0.497 e. The van der Waals surface area contributed by atoms with Gasteiger partial charge in [0.1, 0.15) is 17.2 Å². The van der Waals surface area contributed by atoms with Crippen LogP contribution in [0.2, 0.25) is 0 Å². The monoisotopic (exact) mass is 728 g/mol. The zero-order chi connectivity index (χ0) is 37.3. The summed E-state index contributed by atoms with van der Waals surface area (Å²) in [6.45, 7) is 7.49. The number of carbonyl (C=O) groups is 1. The number of carbonyl (C=O) groups excluding carboxylic acids is 1. The number of aliphatic imine (C=N–C) groups is 1. The van der Waals surface area contributed by atoms with Crippen molar-refractivity contribution in [3.63, 3.8) is 0 Å². The molecule has 7 nitrogen and oxygen atoms in total. The predicted molar refractivity (Wildman–Crippen MR) is 223 cm³/mol. The molecule has 1 aliphatic heterocycles. The number of ether oxygens (including phenoxy) is 2. The fraction of sp³-hybridized carbons (Fsp3) is 0.186. The molecule has 5 aromatic rings. The number of hydrogen-bond donors (Lipinski definition) is 0. The van der Waals surface area contributed by atoms with E-state index in [1.54, 1.807) is 40.0 Å². The smallest absolute Gasteiger partial charge is 0.426 e. The van der Waals surface area contributed by atoms with Crippen molar-refractivity contribution in [3.8, 4) is 18.2 Å². The molecule has 0 N–H and O–H groups in total. The van der Waals surface area contributed by atoms with E-state index in [0.717, 1.165) is 34.3 Å². The first kappa shape index (κ1) is 39.5. The first-order valence-corrected chi connectivity index (χ1v) is 20.2. The predicted octanol–water partition coefficient (Wildman–Crippen LogP) is 11.3. The lowest BCUT2D eigenvalue weighted by molar-refractivity contribution is 0.0600. The van der Waals surface area contributed by atoms with Gasteiger partial charge in [0.05, 0.1) is 24.5 Å². The van der Waals surface area contributed by atoms with Crippen LogP contribution in [-0.2, 0) is 4.74 Å². The molecule has 0 saturated carbocycles. The standard InChI is InChI=1S/C22H20N2O.C13H15NO2.C8H11NP2/c1-25-20-14-12-19(13-15-20)24-21(17-8-4-2-5-9-17)16-22(24)23-18-10-6-3-7-11-18;1-5-14(11-9-7-6-8-10-11)12(15)16-13(2,3)4;1-11(10)9-7-8-5-3-2-4-6-8/h2-15,21H,16H2,1H3;1,6-10H,2-4H3;2-7H,10H2,1H3. The van der Waals surface area contributed by atoms with E-state index in [-0.39, 0.29) is 7.76 Å². The number of rotatable bonds is 7. The number of methoxy groups -OCH3 is 1. The second-order valence-electron chi connectivity index (χ2n) is 12.6. The summed E-state index contributed by atoms with van der Waals surface area (Å²) in [5, 5.41) is 0. The van der Waals surface area contributed by atoms with Crippen LogP contribution in [-0.4, -0.2) is 37.5 Å². The zero-order valence-corrected chi connectivity index (χ0v) is 32.4. The van der Waals surface area contributed by atoms with E-state index in [1.807, 2.05) is 97.2 Å². The molecule has 52 heavy (non-hydrogen) atoms. The molecule has 0 spiro atoms. The first-order valence-electron chi connectivity index (χ1n) is 16.8. The summed E-state index contributed by atoms with van der Waals surface area (Å²) in [4.78, 5) is 20.1. The van der Waals surface area contributed by atoms with E-state index >= 15 is 0 Å². The number of amides is 1. The third-order valence-corrected chi connectivity index (χ3v) is 8.30. The average Bonchev–Trinajstić information content (AvgIpc) is 3.14. The van der Waals surface area contributed by atoms with Gasteiger partial charge in [-0.25, -0.2) is 14.7 Å². The van der Waals surface area contributed by atoms with Crippen LogP contribution in [0, 0.1) is 12.5 Å². The maximum Gasteiger partial charge on any atom is 0.426 e. The molecule has 1 amide bonds. The zero-order valence-electron chi connectivity index (χ0n) is 30.3. The van der Waals surface area contributed by atoms with Crippen LogP contribution in [0.3, 0.4) is 0 Å². The van der Waals surface area contributed by atoms with Gasteiger partial charge in [-0.05, 0) is 87.1 Å². The van der Waals surface area contributed by atoms with Gasteiger partial charge in [-0.3, -0.25) is 4.76 Å². The van der Waals surface area contributed by atoms with Crippen LogP contribution >= 0.6 is 16.7 Å². The van der Waals surface area contributed by atoms with Crippen LogP contribution < -0.4 is 14.5 Å². The Morgan fingerprint density at radius 3 is 1.92 bits per heavy atom. The molecule has 1 heterocycles. The summed E-state index contributed by atoms with van der Waals surface area (Å²) < 4.78 is 14.8. The van der Waals surface area contributed by atoms with Crippen molar-refractivity contribution in [1.29, 1.82) is 0 Å². The van der Waals surface area contributed by atoms with E-state index in [1.165, 1.54) is 11.1 Å². The lowest BCUT2D eigenvalue weighted by atomic mass is 9.92. The number of hydrogen-bond acceptors (Lipinski definition) is 5. The molecule has 1 aliphatic rings. The highest BCUT2D eigenvalue weighted by Crippen LogP contribution is 2.41. The van der Waals surface area contributed by atoms with Gasteiger partial charge in [-0.1, -0.05) is 112 Å². The Bertz CT molecular complexity index is 1910. The summed E-state index contributed by atoms with van der Waals surface area (Å²) in [6.07, 6.45) is 7.61. The van der Waals surface area contributed by atoms with E-state index < -0.39 is 11.7 Å². The fourth-order valence-electron chi connectivity index (χ4n) is 5.01. The van der Waals surface area contributed by atoms with Crippen LogP contribution in [0.4, 0.5) is 21.9 Å². The highest BCUT2D eigenvalue weighted by molar-refractivity contribution is 8.12. The van der Waals surface area contributed by atoms with Gasteiger partial charge in [0.25, 0.3) is 0 Å². The Morgan fingerprint density at radius 1 is 0.865 bits per heavy atom. The highest BCUT2D eigenvalue weighted by atomic mass is 32.0. The van der Waals surface area contributed by atoms with Gasteiger partial charge >= 0.3 is 6.09 Å². The van der Waals surface area contributed by atoms with Crippen molar-refractivity contribution >= 4 is 51.9 Å². The van der Waals surface area contributed by atoms with Gasteiger partial charge in [-0.2, -0.15) is 0 Å². The third kappa shape index (κ3) is 12.5. The van der Waals surface area contributed by atoms with E-state index in [2.05, 4.69) is 73.8 Å². The number of nitrogens with zero attached hydrogens (tertiary/aromatic N) is 4. The van der Waals surface area contributed by atoms with Crippen LogP contribution in [0.25, 0.3) is 0 Å². The highest BCUT2D eigenvalue weighted by Gasteiger charge is 2.36. The minimum Gasteiger partial charge on any atom is -0.497 e. The number of amidine groups is 1. The summed E-state index contributed by atoms with van der Waals surface area (Å²) >= 11 is 0. The topological polar surface area (TPSA) is 66.7 Å². The Balaban J connectivity index is 0.000000192. The lowest BCUT2D eigenvalue weighted by Crippen LogP contribution is -2.46. The average molecular weight is 729 g/mol. The summed E-state index contributed by atoms with van der Waals surface area (Å²) in [5.74, 6) is 1.95. The van der Waals surface area contributed by atoms with Crippen molar-refractivity contribution in [3.05, 3.63) is 157 Å². The number of terminal acetylenes is 1. The minimum atomic E-state index is -0.555. The quantitative estimate of drug-likeness (QED) is 0.0724. The molecule has 3 atom stereocenters. The second-order valence-corrected chi connectivity index (χ2v) is 16.2. The number of anilines is 2. The molecule has 1 saturated heterocycles. The molecule has 0 aromatic heterocycles. The summed E-state index contributed by atoms with van der Waals surface area (Å²) in [5.41, 5.74) is 4.67. The van der Waals surface area contributed by atoms with Crippen molar-refractivity contribution in [2.24, 2.45) is 9.76 Å². The van der Waals surface area contributed by atoms with Gasteiger partial charge in [-0.15, -0.1) is 0 Å². The molecular formula is C43H46N4O3P2. The minimum absolute atomic E-state index is 0.238. The molecule has 0 bridgehead atoms. The van der Waals surface area contributed by atoms with Crippen molar-refractivity contribution < 1.29 is 14.3 Å². The first-order chi connectivity index (χ1) is 25.1. The van der Waals surface area contributed by atoms with E-state index in [4.69, 9.17) is 20.9 Å². The van der Waals surface area contributed by atoms with Gasteiger partial charge < -0.3 is 14.4 Å². The summed E-state index contributed by atoms with van der Waals surface area (Å²) in [7, 11) is 4.15. The van der Waals surface area contributed by atoms with E-state index in [9.17, 15) is 4.79 Å². The maximum atomic E-state index is 11.8. The number of para-hydroxylation sites is 2. The normalized spacial score (nSPS) is 14.8. The van der Waals surface area contributed by atoms with E-state index in [0.29, 0.717) is 11.7 Å². The van der Waals surface area contributed by atoms with Crippen molar-refractivity contribution in [2.75, 3.05) is 23.6 Å². The number of benzene rings is 5. The Labute approximate surface area is 312 Å². The van der Waals surface area contributed by atoms with Crippen LogP contribution in [0.1, 0.15) is 44.4 Å². The molecule has 0 aliphatic carbocycles. The Hall–Kier alpha value is -5.27. The van der Waals surface area contributed by atoms with Crippen molar-refractivity contribution in [1.82, 2.24) is 0 Å². The maximum absolute atomic E-state index is 11.8. The van der Waals surface area contributed by atoms with Gasteiger partial charge in [0.2, 0.25) is 0 Å². The molecule has 0 radical (unpaired) electrons. The lowest BCUT2D eigenvalue weighted by Gasteiger charge is -2.44. The summed E-state index contributed by atoms with van der Waals surface area (Å²) in [6, 6.07) is 50.6. The Kier molecular flexibility index (Phi) is 15.2.